The molecule has 5 nitrogen and oxygen atoms in total. The molecule has 0 aliphatic carbocycles. The van der Waals surface area contributed by atoms with Crippen LogP contribution in [0.3, 0.4) is 0 Å². The van der Waals surface area contributed by atoms with Gasteiger partial charge >= 0.3 is 0 Å². The zero-order valence-electron chi connectivity index (χ0n) is 9.12. The molecule has 0 atom stereocenters. The van der Waals surface area contributed by atoms with Crippen molar-refractivity contribution in [1.82, 2.24) is 10.5 Å². The zero-order chi connectivity index (χ0) is 12.0. The molecular formula is C10H13ClN2O3. The van der Waals surface area contributed by atoms with Gasteiger partial charge in [0.15, 0.2) is 0 Å². The Bertz CT molecular complexity index is 371. The van der Waals surface area contributed by atoms with E-state index in [0.29, 0.717) is 11.6 Å². The lowest BCUT2D eigenvalue weighted by Gasteiger charge is -2.06. The first-order valence-electron chi connectivity index (χ1n) is 4.68. The van der Waals surface area contributed by atoms with Gasteiger partial charge in [0.2, 0.25) is 0 Å². The van der Waals surface area contributed by atoms with Gasteiger partial charge in [-0.3, -0.25) is 14.6 Å². The second kappa shape index (κ2) is 6.42. The van der Waals surface area contributed by atoms with Crippen LogP contribution in [0.5, 0.6) is 0 Å². The van der Waals surface area contributed by atoms with Crippen LogP contribution in [0.4, 0.5) is 0 Å². The number of nitrogens with zero attached hydrogens (tertiary/aromatic N) is 1. The molecule has 16 heavy (non-hydrogen) atoms. The number of methoxy groups -OCH3 is 1. The van der Waals surface area contributed by atoms with Gasteiger partial charge < -0.3 is 4.74 Å². The van der Waals surface area contributed by atoms with E-state index in [1.165, 1.54) is 6.20 Å². The van der Waals surface area contributed by atoms with Gasteiger partial charge in [-0.25, -0.2) is 5.48 Å². The third-order valence-electron chi connectivity index (χ3n) is 1.79. The number of carbonyl (C=O) groups is 1. The Morgan fingerprint density at radius 2 is 2.31 bits per heavy atom. The van der Waals surface area contributed by atoms with Gasteiger partial charge in [-0.2, -0.15) is 0 Å². The van der Waals surface area contributed by atoms with Crippen LogP contribution >= 0.6 is 11.6 Å². The highest BCUT2D eigenvalue weighted by Crippen LogP contribution is 2.15. The largest absolute Gasteiger partial charge is 0.382 e. The molecule has 0 saturated heterocycles. The van der Waals surface area contributed by atoms with E-state index in [4.69, 9.17) is 21.2 Å². The quantitative estimate of drug-likeness (QED) is 0.628. The minimum absolute atomic E-state index is 0.277. The molecule has 1 aromatic heterocycles. The normalized spacial score (nSPS) is 10.2. The second-order valence-electron chi connectivity index (χ2n) is 3.08. The number of nitrogens with one attached hydrogen (secondary N) is 1. The van der Waals surface area contributed by atoms with Crippen molar-refractivity contribution in [3.05, 3.63) is 28.5 Å². The maximum absolute atomic E-state index is 11.5. The first kappa shape index (κ1) is 12.9. The highest BCUT2D eigenvalue weighted by molar-refractivity contribution is 6.33. The Labute approximate surface area is 98.7 Å². The topological polar surface area (TPSA) is 60.5 Å². The Balaban J connectivity index is 2.53. The van der Waals surface area contributed by atoms with E-state index in [1.54, 1.807) is 20.1 Å². The molecule has 0 fully saturated rings. The molecule has 0 spiro atoms. The lowest BCUT2D eigenvalue weighted by Crippen LogP contribution is -2.25. The average Bonchev–Trinajstić information content (AvgIpc) is 2.24. The van der Waals surface area contributed by atoms with Crippen molar-refractivity contribution in [3.8, 4) is 0 Å². The number of hydroxylamine groups is 1. The Morgan fingerprint density at radius 1 is 1.56 bits per heavy atom. The minimum Gasteiger partial charge on any atom is -0.382 e. The number of pyridine rings is 1. The van der Waals surface area contributed by atoms with Gasteiger partial charge in [-0.1, -0.05) is 11.6 Å². The van der Waals surface area contributed by atoms with Crippen LogP contribution in [0, 0.1) is 6.92 Å². The number of aryl methyl sites for hydroxylation is 1. The van der Waals surface area contributed by atoms with Crippen LogP contribution in [0.1, 0.15) is 16.1 Å². The van der Waals surface area contributed by atoms with Gasteiger partial charge in [-0.15, -0.1) is 0 Å². The fourth-order valence-electron chi connectivity index (χ4n) is 0.990. The summed E-state index contributed by atoms with van der Waals surface area (Å²) >= 11 is 5.88. The SMILES string of the molecule is COCCONC(=O)c1cnc(C)cc1Cl. The predicted octanol–water partition coefficient (Wildman–Crippen LogP) is 1.35. The Kier molecular flexibility index (Phi) is 5.18. The number of hydrogen-bond acceptors (Lipinski definition) is 4. The number of amides is 1. The van der Waals surface area contributed by atoms with E-state index < -0.39 is 5.91 Å². The van der Waals surface area contributed by atoms with Gasteiger partial charge in [0.1, 0.15) is 0 Å². The first-order chi connectivity index (χ1) is 7.65. The standard InChI is InChI=1S/C10H13ClN2O3/c1-7-5-9(11)8(6-12-7)10(14)13-16-4-3-15-2/h5-6H,3-4H2,1-2H3,(H,13,14). The highest BCUT2D eigenvalue weighted by Gasteiger charge is 2.10. The lowest BCUT2D eigenvalue weighted by atomic mass is 10.2. The minimum atomic E-state index is -0.423. The van der Waals surface area contributed by atoms with Crippen molar-refractivity contribution in [3.63, 3.8) is 0 Å². The number of ether oxygens (including phenoxy) is 1. The fraction of sp³-hybridized carbons (Fsp3) is 0.400. The van der Waals surface area contributed by atoms with Crippen LogP contribution in [-0.4, -0.2) is 31.2 Å². The second-order valence-corrected chi connectivity index (χ2v) is 3.49. The summed E-state index contributed by atoms with van der Waals surface area (Å²) in [5.74, 6) is -0.423. The molecule has 0 radical (unpaired) electrons. The maximum Gasteiger partial charge on any atom is 0.277 e. The average molecular weight is 245 g/mol. The third-order valence-corrected chi connectivity index (χ3v) is 2.10. The number of carbonyl (C=O) groups excluding carboxylic acids is 1. The molecule has 88 valence electrons. The summed E-state index contributed by atoms with van der Waals surface area (Å²) in [6, 6.07) is 1.62. The Hall–Kier alpha value is -1.17. The summed E-state index contributed by atoms with van der Waals surface area (Å²) in [6.07, 6.45) is 1.41. The van der Waals surface area contributed by atoms with E-state index in [-0.39, 0.29) is 12.2 Å². The molecule has 1 aromatic rings. The summed E-state index contributed by atoms with van der Waals surface area (Å²) in [4.78, 5) is 20.4. The molecule has 1 heterocycles. The highest BCUT2D eigenvalue weighted by atomic mass is 35.5. The monoisotopic (exact) mass is 244 g/mol. The first-order valence-corrected chi connectivity index (χ1v) is 5.06. The molecular weight excluding hydrogens is 232 g/mol. The van der Waals surface area contributed by atoms with E-state index >= 15 is 0 Å². The molecule has 0 saturated carbocycles. The van der Waals surface area contributed by atoms with Gasteiger partial charge in [0.05, 0.1) is 23.8 Å². The summed E-state index contributed by atoms with van der Waals surface area (Å²) in [6.45, 7) is 2.47. The van der Waals surface area contributed by atoms with Crippen molar-refractivity contribution >= 4 is 17.5 Å². The van der Waals surface area contributed by atoms with E-state index in [2.05, 4.69) is 10.5 Å². The molecule has 1 N–H and O–H groups in total. The van der Waals surface area contributed by atoms with Crippen molar-refractivity contribution in [2.24, 2.45) is 0 Å². The predicted molar refractivity (Wildman–Crippen MR) is 59.3 cm³/mol. The Morgan fingerprint density at radius 3 is 2.94 bits per heavy atom. The van der Waals surface area contributed by atoms with Crippen LogP contribution < -0.4 is 5.48 Å². The zero-order valence-corrected chi connectivity index (χ0v) is 9.87. The van der Waals surface area contributed by atoms with Gasteiger partial charge in [0.25, 0.3) is 5.91 Å². The summed E-state index contributed by atoms with van der Waals surface area (Å²) in [5.41, 5.74) is 3.28. The van der Waals surface area contributed by atoms with Crippen LogP contribution in [0.2, 0.25) is 5.02 Å². The molecule has 6 heteroatoms. The van der Waals surface area contributed by atoms with Crippen molar-refractivity contribution in [1.29, 1.82) is 0 Å². The molecule has 0 aliphatic heterocycles. The molecule has 1 amide bonds. The summed E-state index contributed by atoms with van der Waals surface area (Å²) in [5, 5.41) is 0.348. The van der Waals surface area contributed by atoms with Crippen LogP contribution in [0.15, 0.2) is 12.3 Å². The summed E-state index contributed by atoms with van der Waals surface area (Å²) in [7, 11) is 1.55. The van der Waals surface area contributed by atoms with Crippen LogP contribution in [0.25, 0.3) is 0 Å². The van der Waals surface area contributed by atoms with E-state index in [1.807, 2.05) is 0 Å². The number of hydrogen-bond donors (Lipinski definition) is 1. The third kappa shape index (κ3) is 3.77. The molecule has 0 bridgehead atoms. The van der Waals surface area contributed by atoms with Gasteiger partial charge in [0, 0.05) is 19.0 Å². The lowest BCUT2D eigenvalue weighted by molar-refractivity contribution is 0.00887. The smallest absolute Gasteiger partial charge is 0.277 e. The molecule has 0 aromatic carbocycles. The number of rotatable bonds is 5. The van der Waals surface area contributed by atoms with Crippen molar-refractivity contribution in [2.45, 2.75) is 6.92 Å². The van der Waals surface area contributed by atoms with Crippen molar-refractivity contribution in [2.75, 3.05) is 20.3 Å². The number of aromatic nitrogens is 1. The van der Waals surface area contributed by atoms with Gasteiger partial charge in [-0.05, 0) is 13.0 Å². The molecule has 0 aliphatic rings. The van der Waals surface area contributed by atoms with Crippen LogP contribution in [-0.2, 0) is 9.57 Å². The maximum atomic E-state index is 11.5. The summed E-state index contributed by atoms with van der Waals surface area (Å²) < 4.78 is 4.75. The number of halogens is 1. The molecule has 0 unspecified atom stereocenters. The molecule has 1 rings (SSSR count). The van der Waals surface area contributed by atoms with E-state index in [9.17, 15) is 4.79 Å². The van der Waals surface area contributed by atoms with E-state index in [0.717, 1.165) is 5.69 Å². The van der Waals surface area contributed by atoms with Crippen molar-refractivity contribution < 1.29 is 14.4 Å². The fourth-order valence-corrected chi connectivity index (χ4v) is 1.28.